The molecule has 1 atom stereocenters. The lowest BCUT2D eigenvalue weighted by Crippen LogP contribution is -2.16. The van der Waals surface area contributed by atoms with Gasteiger partial charge in [0.1, 0.15) is 5.82 Å². The molecule has 2 aromatic rings. The van der Waals surface area contributed by atoms with E-state index in [0.29, 0.717) is 4.75 Å². The molecule has 0 amide bonds. The van der Waals surface area contributed by atoms with Crippen LogP contribution in [-0.4, -0.2) is 20.6 Å². The van der Waals surface area contributed by atoms with Gasteiger partial charge in [0.05, 0.1) is 16.4 Å². The average Bonchev–Trinajstić information content (AvgIpc) is 3.06. The summed E-state index contributed by atoms with van der Waals surface area (Å²) < 4.78 is 3.77. The first-order valence-corrected chi connectivity index (χ1v) is 8.85. The van der Waals surface area contributed by atoms with Gasteiger partial charge in [0.25, 0.3) is 0 Å². The first-order valence-electron chi connectivity index (χ1n) is 6.39. The van der Waals surface area contributed by atoms with Crippen molar-refractivity contribution in [2.75, 3.05) is 6.26 Å². The van der Waals surface area contributed by atoms with E-state index in [1.165, 1.54) is 18.4 Å². The molecule has 1 unspecified atom stereocenters. The zero-order valence-corrected chi connectivity index (χ0v) is 14.1. The van der Waals surface area contributed by atoms with Crippen LogP contribution in [0.5, 0.6) is 0 Å². The molecule has 2 nitrogen and oxygen atoms in total. The third-order valence-corrected chi connectivity index (χ3v) is 5.87. The van der Waals surface area contributed by atoms with E-state index in [0.717, 1.165) is 22.4 Å². The summed E-state index contributed by atoms with van der Waals surface area (Å²) in [6.45, 7) is 3.01. The van der Waals surface area contributed by atoms with E-state index >= 15 is 0 Å². The molecule has 5 heteroatoms. The lowest BCUT2D eigenvalue weighted by atomic mass is 10.3. The van der Waals surface area contributed by atoms with Gasteiger partial charge in [-0.05, 0) is 44.2 Å². The highest BCUT2D eigenvalue weighted by atomic mass is 79.9. The number of rotatable bonds is 4. The Labute approximate surface area is 131 Å². The molecule has 3 rings (SSSR count). The molecule has 0 N–H and O–H groups in total. The Morgan fingerprint density at radius 1 is 1.53 bits per heavy atom. The second-order valence-electron chi connectivity index (χ2n) is 5.19. The van der Waals surface area contributed by atoms with Gasteiger partial charge in [-0.1, -0.05) is 15.9 Å². The van der Waals surface area contributed by atoms with E-state index in [-0.39, 0.29) is 5.38 Å². The quantitative estimate of drug-likeness (QED) is 0.715. The fraction of sp³-hybridized carbons (Fsp3) is 0.500. The van der Waals surface area contributed by atoms with E-state index in [1.54, 1.807) is 0 Å². The monoisotopic (exact) mass is 358 g/mol. The molecular formula is C14H16BrClN2S. The second-order valence-corrected chi connectivity index (χ2v) is 8.04. The molecular weight excluding hydrogens is 344 g/mol. The minimum atomic E-state index is -0.0659. The van der Waals surface area contributed by atoms with Crippen LogP contribution in [0.4, 0.5) is 0 Å². The smallest absolute Gasteiger partial charge is 0.127 e. The van der Waals surface area contributed by atoms with E-state index < -0.39 is 0 Å². The number of halogens is 2. The molecule has 0 bridgehead atoms. The third kappa shape index (κ3) is 2.55. The molecule has 0 radical (unpaired) electrons. The largest absolute Gasteiger partial charge is 0.325 e. The minimum Gasteiger partial charge on any atom is -0.325 e. The maximum absolute atomic E-state index is 6.31. The Balaban J connectivity index is 2.11. The highest BCUT2D eigenvalue weighted by Gasteiger charge is 2.43. The summed E-state index contributed by atoms with van der Waals surface area (Å²) in [6.07, 6.45) is 4.79. The number of nitrogens with zero attached hydrogens (tertiary/aromatic N) is 2. The lowest BCUT2D eigenvalue weighted by Gasteiger charge is -2.17. The first kappa shape index (κ1) is 13.8. The van der Waals surface area contributed by atoms with E-state index in [4.69, 9.17) is 16.6 Å². The summed E-state index contributed by atoms with van der Waals surface area (Å²) in [5.74, 6) is 0.982. The van der Waals surface area contributed by atoms with Crippen molar-refractivity contribution in [3.8, 4) is 0 Å². The van der Waals surface area contributed by atoms with E-state index in [9.17, 15) is 0 Å². The van der Waals surface area contributed by atoms with Crippen LogP contribution >= 0.6 is 39.3 Å². The summed E-state index contributed by atoms with van der Waals surface area (Å²) in [5.41, 5.74) is 2.21. The van der Waals surface area contributed by atoms with E-state index in [1.807, 2.05) is 18.7 Å². The van der Waals surface area contributed by atoms with Crippen LogP contribution in [0, 0.1) is 0 Å². The number of alkyl halides is 1. The van der Waals surface area contributed by atoms with Crippen LogP contribution in [-0.2, 0) is 6.54 Å². The van der Waals surface area contributed by atoms with Crippen LogP contribution in [0.15, 0.2) is 22.7 Å². The number of aromatic nitrogens is 2. The Kier molecular flexibility index (Phi) is 3.61. The van der Waals surface area contributed by atoms with Crippen LogP contribution in [0.2, 0.25) is 0 Å². The summed E-state index contributed by atoms with van der Waals surface area (Å²) in [5, 5.41) is -0.0659. The number of imidazole rings is 1. The zero-order chi connectivity index (χ0) is 13.6. The predicted molar refractivity (Wildman–Crippen MR) is 87.2 cm³/mol. The van der Waals surface area contributed by atoms with Crippen LogP contribution < -0.4 is 0 Å². The van der Waals surface area contributed by atoms with Crippen molar-refractivity contribution >= 4 is 50.3 Å². The normalized spacial score (nSPS) is 18.7. The number of thioether (sulfide) groups is 1. The molecule has 1 fully saturated rings. The molecule has 1 saturated carbocycles. The van der Waals surface area contributed by atoms with Crippen molar-refractivity contribution in [1.82, 2.24) is 9.55 Å². The third-order valence-electron chi connectivity index (χ3n) is 3.78. The first-order chi connectivity index (χ1) is 9.04. The summed E-state index contributed by atoms with van der Waals surface area (Å²) in [4.78, 5) is 4.71. The molecule has 1 aliphatic rings. The van der Waals surface area contributed by atoms with Gasteiger partial charge >= 0.3 is 0 Å². The summed E-state index contributed by atoms with van der Waals surface area (Å²) >= 11 is 11.8. The highest BCUT2D eigenvalue weighted by molar-refractivity contribution is 9.10. The van der Waals surface area contributed by atoms with Crippen molar-refractivity contribution in [3.63, 3.8) is 0 Å². The SMILES string of the molecule is CSC1(Cn2c(C(C)Cl)nc3cc(Br)ccc32)CC1. The Morgan fingerprint density at radius 3 is 2.84 bits per heavy atom. The maximum atomic E-state index is 6.31. The van der Waals surface area contributed by atoms with Crippen LogP contribution in [0.25, 0.3) is 11.0 Å². The van der Waals surface area contributed by atoms with Crippen molar-refractivity contribution in [1.29, 1.82) is 0 Å². The minimum absolute atomic E-state index is 0.0659. The Hall–Kier alpha value is -0.190. The van der Waals surface area contributed by atoms with Crippen molar-refractivity contribution < 1.29 is 0 Å². The molecule has 1 aliphatic carbocycles. The van der Waals surface area contributed by atoms with Gasteiger partial charge in [-0.15, -0.1) is 11.6 Å². The van der Waals surface area contributed by atoms with Crippen LogP contribution in [0.1, 0.15) is 31.0 Å². The van der Waals surface area contributed by atoms with Gasteiger partial charge in [-0.3, -0.25) is 0 Å². The van der Waals surface area contributed by atoms with Gasteiger partial charge in [0, 0.05) is 15.8 Å². The Bertz CT molecular complexity index is 619. The molecule has 1 aromatic carbocycles. The van der Waals surface area contributed by atoms with Crippen molar-refractivity contribution in [2.24, 2.45) is 0 Å². The topological polar surface area (TPSA) is 17.8 Å². The molecule has 0 aliphatic heterocycles. The van der Waals surface area contributed by atoms with Crippen molar-refractivity contribution in [2.45, 2.75) is 36.4 Å². The lowest BCUT2D eigenvalue weighted by molar-refractivity contribution is 0.639. The standard InChI is InChI=1S/C14H16BrClN2S/c1-9(16)13-17-11-7-10(15)3-4-12(11)18(13)8-14(19-2)5-6-14/h3-4,7,9H,5-6,8H2,1-2H3. The molecule has 0 spiro atoms. The maximum Gasteiger partial charge on any atom is 0.127 e. The zero-order valence-electron chi connectivity index (χ0n) is 11.0. The fourth-order valence-corrected chi connectivity index (χ4v) is 3.73. The van der Waals surface area contributed by atoms with Gasteiger partial charge in [0.15, 0.2) is 0 Å². The second kappa shape index (κ2) is 4.97. The Morgan fingerprint density at radius 2 is 2.26 bits per heavy atom. The summed E-state index contributed by atoms with van der Waals surface area (Å²) in [7, 11) is 0. The molecule has 1 heterocycles. The molecule has 1 aromatic heterocycles. The van der Waals surface area contributed by atoms with Gasteiger partial charge in [-0.2, -0.15) is 11.8 Å². The fourth-order valence-electron chi connectivity index (χ4n) is 2.45. The molecule has 0 saturated heterocycles. The number of hydrogen-bond donors (Lipinski definition) is 0. The van der Waals surface area contributed by atoms with Crippen LogP contribution in [0.3, 0.4) is 0 Å². The predicted octanol–water partition coefficient (Wildman–Crippen LogP) is 4.99. The molecule has 102 valence electrons. The molecule has 19 heavy (non-hydrogen) atoms. The van der Waals surface area contributed by atoms with Gasteiger partial charge < -0.3 is 4.57 Å². The van der Waals surface area contributed by atoms with Crippen molar-refractivity contribution in [3.05, 3.63) is 28.5 Å². The number of fused-ring (bicyclic) bond motifs is 1. The van der Waals surface area contributed by atoms with Gasteiger partial charge in [-0.25, -0.2) is 4.98 Å². The summed E-state index contributed by atoms with van der Waals surface area (Å²) in [6, 6.07) is 6.26. The average molecular weight is 360 g/mol. The number of hydrogen-bond acceptors (Lipinski definition) is 2. The highest BCUT2D eigenvalue weighted by Crippen LogP contribution is 2.49. The van der Waals surface area contributed by atoms with Gasteiger partial charge in [0.2, 0.25) is 0 Å². The number of benzene rings is 1. The van der Waals surface area contributed by atoms with E-state index in [2.05, 4.69) is 45.0 Å².